The Morgan fingerprint density at radius 3 is 2.56 bits per heavy atom. The maximum atomic E-state index is 9.06. The summed E-state index contributed by atoms with van der Waals surface area (Å²) in [6.07, 6.45) is -0.180. The minimum atomic E-state index is -0.180. The SMILES string of the molecule is Cc1ccc(OC(C)CO)c(CNC(C)(C)C)c1. The van der Waals surface area contributed by atoms with Crippen LogP contribution in [0.1, 0.15) is 38.8 Å². The van der Waals surface area contributed by atoms with Gasteiger partial charge in [0, 0.05) is 17.6 Å². The molecule has 2 N–H and O–H groups in total. The number of aliphatic hydroxyl groups is 1. The Morgan fingerprint density at radius 1 is 1.33 bits per heavy atom. The highest BCUT2D eigenvalue weighted by molar-refractivity contribution is 5.37. The lowest BCUT2D eigenvalue weighted by atomic mass is 10.1. The molecule has 0 saturated carbocycles. The first kappa shape index (κ1) is 15.0. The zero-order chi connectivity index (χ0) is 13.8. The number of hydrogen-bond donors (Lipinski definition) is 2. The number of hydrogen-bond acceptors (Lipinski definition) is 3. The lowest BCUT2D eigenvalue weighted by Crippen LogP contribution is -2.35. The molecule has 0 aromatic heterocycles. The largest absolute Gasteiger partial charge is 0.488 e. The minimum Gasteiger partial charge on any atom is -0.488 e. The third-order valence-corrected chi connectivity index (χ3v) is 2.61. The van der Waals surface area contributed by atoms with Crippen LogP contribution in [0, 0.1) is 6.92 Å². The molecule has 1 aromatic carbocycles. The van der Waals surface area contributed by atoms with Gasteiger partial charge in [0.1, 0.15) is 11.9 Å². The molecule has 1 unspecified atom stereocenters. The van der Waals surface area contributed by atoms with Gasteiger partial charge in [-0.05, 0) is 40.7 Å². The van der Waals surface area contributed by atoms with E-state index in [9.17, 15) is 0 Å². The first-order chi connectivity index (χ1) is 8.31. The van der Waals surface area contributed by atoms with E-state index in [0.717, 1.165) is 17.9 Å². The molecule has 0 bridgehead atoms. The van der Waals surface area contributed by atoms with E-state index >= 15 is 0 Å². The standard InChI is InChI=1S/C15H25NO2/c1-11-6-7-14(18-12(2)10-17)13(8-11)9-16-15(3,4)5/h6-8,12,16-17H,9-10H2,1-5H3. The molecule has 1 aromatic rings. The van der Waals surface area contributed by atoms with Crippen molar-refractivity contribution in [3.8, 4) is 5.75 Å². The second kappa shape index (κ2) is 6.21. The molecule has 0 radical (unpaired) electrons. The van der Waals surface area contributed by atoms with Crippen LogP contribution >= 0.6 is 0 Å². The van der Waals surface area contributed by atoms with Gasteiger partial charge in [0.2, 0.25) is 0 Å². The van der Waals surface area contributed by atoms with E-state index in [0.29, 0.717) is 0 Å². The van der Waals surface area contributed by atoms with Crippen LogP contribution in [0.2, 0.25) is 0 Å². The number of benzene rings is 1. The van der Waals surface area contributed by atoms with Crippen LogP contribution in [0.5, 0.6) is 5.75 Å². The van der Waals surface area contributed by atoms with Gasteiger partial charge in [0.25, 0.3) is 0 Å². The Morgan fingerprint density at radius 2 is 2.00 bits per heavy atom. The first-order valence-corrected chi connectivity index (χ1v) is 6.44. The molecule has 0 amide bonds. The van der Waals surface area contributed by atoms with Crippen molar-refractivity contribution in [1.82, 2.24) is 5.32 Å². The Labute approximate surface area is 110 Å². The zero-order valence-corrected chi connectivity index (χ0v) is 12.1. The van der Waals surface area contributed by atoms with Gasteiger partial charge >= 0.3 is 0 Å². The lowest BCUT2D eigenvalue weighted by Gasteiger charge is -2.22. The van der Waals surface area contributed by atoms with E-state index in [1.54, 1.807) is 0 Å². The van der Waals surface area contributed by atoms with Gasteiger partial charge in [-0.15, -0.1) is 0 Å². The van der Waals surface area contributed by atoms with Crippen LogP contribution in [0.3, 0.4) is 0 Å². The molecule has 1 atom stereocenters. The maximum Gasteiger partial charge on any atom is 0.124 e. The first-order valence-electron chi connectivity index (χ1n) is 6.44. The quantitative estimate of drug-likeness (QED) is 0.845. The molecule has 0 fully saturated rings. The molecule has 0 heterocycles. The van der Waals surface area contributed by atoms with Crippen molar-refractivity contribution in [2.24, 2.45) is 0 Å². The van der Waals surface area contributed by atoms with Gasteiger partial charge in [-0.1, -0.05) is 17.7 Å². The van der Waals surface area contributed by atoms with Crippen LogP contribution in [0.4, 0.5) is 0 Å². The molecule has 0 aliphatic heterocycles. The lowest BCUT2D eigenvalue weighted by molar-refractivity contribution is 0.128. The van der Waals surface area contributed by atoms with E-state index in [1.165, 1.54) is 5.56 Å². The summed E-state index contributed by atoms with van der Waals surface area (Å²) in [4.78, 5) is 0. The highest BCUT2D eigenvalue weighted by Gasteiger charge is 2.12. The summed E-state index contributed by atoms with van der Waals surface area (Å²) in [7, 11) is 0. The Balaban J connectivity index is 2.83. The number of rotatable bonds is 5. The highest BCUT2D eigenvalue weighted by Crippen LogP contribution is 2.22. The van der Waals surface area contributed by atoms with Crippen LogP contribution in [0.25, 0.3) is 0 Å². The molecule has 102 valence electrons. The van der Waals surface area contributed by atoms with Crippen molar-refractivity contribution in [2.75, 3.05) is 6.61 Å². The van der Waals surface area contributed by atoms with Gasteiger partial charge in [-0.3, -0.25) is 0 Å². The van der Waals surface area contributed by atoms with Crippen molar-refractivity contribution < 1.29 is 9.84 Å². The molecule has 1 rings (SSSR count). The van der Waals surface area contributed by atoms with Crippen LogP contribution in [-0.2, 0) is 6.54 Å². The molecule has 3 heteroatoms. The smallest absolute Gasteiger partial charge is 0.124 e. The Kier molecular flexibility index (Phi) is 5.17. The normalized spacial score (nSPS) is 13.4. The fraction of sp³-hybridized carbons (Fsp3) is 0.600. The zero-order valence-electron chi connectivity index (χ0n) is 12.1. The third-order valence-electron chi connectivity index (χ3n) is 2.61. The summed E-state index contributed by atoms with van der Waals surface area (Å²) in [6, 6.07) is 6.12. The van der Waals surface area contributed by atoms with E-state index < -0.39 is 0 Å². The topological polar surface area (TPSA) is 41.5 Å². The van der Waals surface area contributed by atoms with Gasteiger partial charge in [-0.2, -0.15) is 0 Å². The summed E-state index contributed by atoms with van der Waals surface area (Å²) < 4.78 is 5.72. The molecule has 0 saturated heterocycles. The number of ether oxygens (including phenoxy) is 1. The van der Waals surface area contributed by atoms with Crippen LogP contribution in [0.15, 0.2) is 18.2 Å². The second-order valence-electron chi connectivity index (χ2n) is 5.83. The molecule has 0 spiro atoms. The summed E-state index contributed by atoms with van der Waals surface area (Å²) in [5.74, 6) is 0.846. The van der Waals surface area contributed by atoms with E-state index in [4.69, 9.17) is 9.84 Å². The highest BCUT2D eigenvalue weighted by atomic mass is 16.5. The average Bonchev–Trinajstić information content (AvgIpc) is 2.28. The van der Waals surface area contributed by atoms with Gasteiger partial charge in [0.05, 0.1) is 6.61 Å². The van der Waals surface area contributed by atoms with Crippen LogP contribution < -0.4 is 10.1 Å². The van der Waals surface area contributed by atoms with Gasteiger partial charge in [0.15, 0.2) is 0 Å². The predicted octanol–water partition coefficient (Wildman–Crippen LogP) is 2.64. The minimum absolute atomic E-state index is 0.0278. The van der Waals surface area contributed by atoms with Crippen molar-refractivity contribution in [3.05, 3.63) is 29.3 Å². The molecule has 18 heavy (non-hydrogen) atoms. The fourth-order valence-electron chi connectivity index (χ4n) is 1.58. The van der Waals surface area contributed by atoms with E-state index in [2.05, 4.69) is 39.1 Å². The number of aliphatic hydroxyl groups excluding tert-OH is 1. The molecular weight excluding hydrogens is 226 g/mol. The molecular formula is C15H25NO2. The summed E-state index contributed by atoms with van der Waals surface area (Å²) in [6.45, 7) is 11.1. The van der Waals surface area contributed by atoms with Crippen LogP contribution in [-0.4, -0.2) is 23.4 Å². The average molecular weight is 251 g/mol. The Hall–Kier alpha value is -1.06. The van der Waals surface area contributed by atoms with E-state index in [1.807, 2.05) is 19.1 Å². The molecule has 0 aliphatic rings. The molecule has 3 nitrogen and oxygen atoms in total. The summed E-state index contributed by atoms with van der Waals surface area (Å²) >= 11 is 0. The van der Waals surface area contributed by atoms with Crippen molar-refractivity contribution in [1.29, 1.82) is 0 Å². The summed E-state index contributed by atoms with van der Waals surface area (Å²) in [5, 5.41) is 12.5. The predicted molar refractivity (Wildman–Crippen MR) is 74.9 cm³/mol. The number of aryl methyl sites for hydroxylation is 1. The fourth-order valence-corrected chi connectivity index (χ4v) is 1.58. The maximum absolute atomic E-state index is 9.06. The second-order valence-corrected chi connectivity index (χ2v) is 5.83. The monoisotopic (exact) mass is 251 g/mol. The number of nitrogens with one attached hydrogen (secondary N) is 1. The van der Waals surface area contributed by atoms with Gasteiger partial charge < -0.3 is 15.2 Å². The summed E-state index contributed by atoms with van der Waals surface area (Å²) in [5.41, 5.74) is 2.42. The van der Waals surface area contributed by atoms with Crippen molar-refractivity contribution in [2.45, 2.75) is 52.8 Å². The van der Waals surface area contributed by atoms with E-state index in [-0.39, 0.29) is 18.2 Å². The Bertz CT molecular complexity index is 383. The molecule has 0 aliphatic carbocycles. The van der Waals surface area contributed by atoms with Gasteiger partial charge in [-0.25, -0.2) is 0 Å². The third kappa shape index (κ3) is 5.07. The van der Waals surface area contributed by atoms with Crippen molar-refractivity contribution >= 4 is 0 Å². The van der Waals surface area contributed by atoms with Crippen molar-refractivity contribution in [3.63, 3.8) is 0 Å².